The average Bonchev–Trinajstić information content (AvgIpc) is 3.46. The fourth-order valence-electron chi connectivity index (χ4n) is 4.28. The number of carbonyl (C=O) groups is 2. The molecule has 2 atom stereocenters. The van der Waals surface area contributed by atoms with Gasteiger partial charge >= 0.3 is 0 Å². The number of nitrogens with one attached hydrogen (secondary N) is 2. The van der Waals surface area contributed by atoms with Crippen LogP contribution in [-0.2, 0) is 24.3 Å². The third-order valence-electron chi connectivity index (χ3n) is 6.05. The Kier molecular flexibility index (Phi) is 8.93. The summed E-state index contributed by atoms with van der Waals surface area (Å²) in [5.74, 6) is -0.641. The molecule has 1 heterocycles. The van der Waals surface area contributed by atoms with Gasteiger partial charge in [-0.15, -0.1) is 0 Å². The van der Waals surface area contributed by atoms with E-state index in [-0.39, 0.29) is 29.5 Å². The van der Waals surface area contributed by atoms with Gasteiger partial charge in [0, 0.05) is 24.2 Å². The van der Waals surface area contributed by atoms with Gasteiger partial charge in [0.15, 0.2) is 0 Å². The Morgan fingerprint density at radius 2 is 1.84 bits per heavy atom. The van der Waals surface area contributed by atoms with Crippen LogP contribution in [0.5, 0.6) is 0 Å². The Hall–Kier alpha value is -1.68. The normalized spacial score (nSPS) is 20.2. The van der Waals surface area contributed by atoms with Crippen LogP contribution in [0.1, 0.15) is 51.9 Å². The van der Waals surface area contributed by atoms with E-state index in [0.717, 1.165) is 38.5 Å². The van der Waals surface area contributed by atoms with Crippen molar-refractivity contribution in [3.8, 4) is 0 Å². The van der Waals surface area contributed by atoms with Crippen molar-refractivity contribution in [3.05, 3.63) is 29.3 Å². The zero-order valence-corrected chi connectivity index (χ0v) is 20.0. The Bertz CT molecular complexity index is 881. The summed E-state index contributed by atoms with van der Waals surface area (Å²) in [5, 5.41) is 3.49. The van der Waals surface area contributed by atoms with Crippen molar-refractivity contribution in [2.45, 2.75) is 75.0 Å². The van der Waals surface area contributed by atoms with Crippen LogP contribution < -0.4 is 10.0 Å². The molecule has 1 aromatic carbocycles. The van der Waals surface area contributed by atoms with Gasteiger partial charge in [0.2, 0.25) is 21.8 Å². The van der Waals surface area contributed by atoms with Gasteiger partial charge < -0.3 is 15.0 Å². The van der Waals surface area contributed by atoms with E-state index in [4.69, 9.17) is 16.3 Å². The van der Waals surface area contributed by atoms with Crippen LogP contribution in [0.2, 0.25) is 5.02 Å². The summed E-state index contributed by atoms with van der Waals surface area (Å²) in [6.07, 6.45) is 6.06. The van der Waals surface area contributed by atoms with Crippen LogP contribution in [0.25, 0.3) is 0 Å². The highest BCUT2D eigenvalue weighted by atomic mass is 35.5. The number of carbonyl (C=O) groups excluding carboxylic acids is 2. The van der Waals surface area contributed by atoms with E-state index < -0.39 is 28.5 Å². The van der Waals surface area contributed by atoms with Crippen molar-refractivity contribution in [1.29, 1.82) is 0 Å². The first-order valence-electron chi connectivity index (χ1n) is 11.3. The predicted octanol–water partition coefficient (Wildman–Crippen LogP) is 2.46. The number of halogens is 1. The predicted molar refractivity (Wildman–Crippen MR) is 122 cm³/mol. The molecule has 0 unspecified atom stereocenters. The van der Waals surface area contributed by atoms with Gasteiger partial charge in [0.05, 0.1) is 17.5 Å². The minimum atomic E-state index is -3.89. The second-order valence-electron chi connectivity index (χ2n) is 8.37. The quantitative estimate of drug-likeness (QED) is 0.529. The van der Waals surface area contributed by atoms with Crippen LogP contribution in [0.4, 0.5) is 0 Å². The Labute approximate surface area is 195 Å². The molecule has 32 heavy (non-hydrogen) atoms. The minimum absolute atomic E-state index is 0.0198. The lowest BCUT2D eigenvalue weighted by Gasteiger charge is -2.33. The van der Waals surface area contributed by atoms with E-state index in [1.165, 1.54) is 29.2 Å². The molecule has 0 radical (unpaired) electrons. The highest BCUT2D eigenvalue weighted by molar-refractivity contribution is 7.89. The molecule has 2 aliphatic rings. The van der Waals surface area contributed by atoms with E-state index in [9.17, 15) is 18.0 Å². The van der Waals surface area contributed by atoms with Crippen molar-refractivity contribution in [1.82, 2.24) is 14.9 Å². The van der Waals surface area contributed by atoms with Gasteiger partial charge in [-0.05, 0) is 56.4 Å². The van der Waals surface area contributed by atoms with E-state index in [2.05, 4.69) is 10.0 Å². The molecule has 1 aliphatic heterocycles. The molecule has 8 nitrogen and oxygen atoms in total. The summed E-state index contributed by atoms with van der Waals surface area (Å²) < 4.78 is 33.2. The molecule has 1 saturated heterocycles. The number of benzene rings is 1. The topological polar surface area (TPSA) is 105 Å². The first kappa shape index (κ1) is 25.0. The van der Waals surface area contributed by atoms with Gasteiger partial charge in [-0.3, -0.25) is 9.59 Å². The van der Waals surface area contributed by atoms with E-state index in [1.807, 2.05) is 6.92 Å². The molecular weight excluding hydrogens is 454 g/mol. The second-order valence-corrected chi connectivity index (χ2v) is 10.6. The summed E-state index contributed by atoms with van der Waals surface area (Å²) in [6.45, 7) is 2.30. The summed E-state index contributed by atoms with van der Waals surface area (Å²) in [7, 11) is -3.89. The standard InChI is InChI=1S/C22H32ClN3O5S/c1-2-20(22(28)25-17-6-3-4-7-17)26(15-18-8-5-13-31-18)21(27)14-24-32(29,30)19-11-9-16(23)10-12-19/h9-12,17-18,20,24H,2-8,13-15H2,1H3,(H,25,28)/t18-,20-/m0/s1. The lowest BCUT2D eigenvalue weighted by molar-refractivity contribution is -0.141. The molecule has 2 amide bonds. The summed E-state index contributed by atoms with van der Waals surface area (Å²) in [5.41, 5.74) is 0. The third kappa shape index (κ3) is 6.66. The van der Waals surface area contributed by atoms with Crippen molar-refractivity contribution in [2.75, 3.05) is 19.7 Å². The smallest absolute Gasteiger partial charge is 0.243 e. The Balaban J connectivity index is 1.70. The summed E-state index contributed by atoms with van der Waals surface area (Å²) in [6, 6.07) is 5.17. The molecular formula is C22H32ClN3O5S. The molecule has 0 bridgehead atoms. The van der Waals surface area contributed by atoms with Crippen LogP contribution in [0, 0.1) is 0 Å². The fourth-order valence-corrected chi connectivity index (χ4v) is 5.38. The molecule has 2 N–H and O–H groups in total. The molecule has 2 fully saturated rings. The second kappa shape index (κ2) is 11.4. The first-order valence-corrected chi connectivity index (χ1v) is 13.1. The number of hydrogen-bond donors (Lipinski definition) is 2. The van der Waals surface area contributed by atoms with Crippen molar-refractivity contribution < 1.29 is 22.7 Å². The van der Waals surface area contributed by atoms with Gasteiger partial charge in [-0.1, -0.05) is 31.4 Å². The molecule has 10 heteroatoms. The van der Waals surface area contributed by atoms with E-state index in [0.29, 0.717) is 18.1 Å². The molecule has 1 saturated carbocycles. The summed E-state index contributed by atoms with van der Waals surface area (Å²) in [4.78, 5) is 27.7. The minimum Gasteiger partial charge on any atom is -0.376 e. The molecule has 0 aromatic heterocycles. The lowest BCUT2D eigenvalue weighted by Crippen LogP contribution is -2.55. The van der Waals surface area contributed by atoms with Gasteiger partial charge in [-0.2, -0.15) is 0 Å². The SMILES string of the molecule is CC[C@@H](C(=O)NC1CCCC1)N(C[C@@H]1CCCO1)C(=O)CNS(=O)(=O)c1ccc(Cl)cc1. The number of rotatable bonds is 10. The molecule has 0 spiro atoms. The number of nitrogens with zero attached hydrogens (tertiary/aromatic N) is 1. The van der Waals surface area contributed by atoms with Crippen LogP contribution >= 0.6 is 11.6 Å². The van der Waals surface area contributed by atoms with Crippen LogP contribution in [0.15, 0.2) is 29.2 Å². The first-order chi connectivity index (χ1) is 15.3. The number of ether oxygens (including phenoxy) is 1. The zero-order valence-electron chi connectivity index (χ0n) is 18.4. The molecule has 178 valence electrons. The highest BCUT2D eigenvalue weighted by Crippen LogP contribution is 2.20. The largest absolute Gasteiger partial charge is 0.376 e. The van der Waals surface area contributed by atoms with Crippen molar-refractivity contribution in [2.24, 2.45) is 0 Å². The molecule has 1 aliphatic carbocycles. The van der Waals surface area contributed by atoms with Gasteiger partial charge in [0.1, 0.15) is 6.04 Å². The zero-order chi connectivity index (χ0) is 23.1. The lowest BCUT2D eigenvalue weighted by atomic mass is 10.1. The van der Waals surface area contributed by atoms with E-state index in [1.54, 1.807) is 0 Å². The summed E-state index contributed by atoms with van der Waals surface area (Å²) >= 11 is 5.83. The van der Waals surface area contributed by atoms with E-state index >= 15 is 0 Å². The number of hydrogen-bond acceptors (Lipinski definition) is 5. The van der Waals surface area contributed by atoms with Gasteiger partial charge in [-0.25, -0.2) is 13.1 Å². The maximum atomic E-state index is 13.1. The molecule has 3 rings (SSSR count). The van der Waals surface area contributed by atoms with Crippen molar-refractivity contribution in [3.63, 3.8) is 0 Å². The maximum absolute atomic E-state index is 13.1. The Morgan fingerprint density at radius 1 is 1.16 bits per heavy atom. The maximum Gasteiger partial charge on any atom is 0.243 e. The van der Waals surface area contributed by atoms with Crippen LogP contribution in [-0.4, -0.2) is 63.0 Å². The average molecular weight is 486 g/mol. The number of amides is 2. The highest BCUT2D eigenvalue weighted by Gasteiger charge is 2.33. The Morgan fingerprint density at radius 3 is 2.44 bits per heavy atom. The monoisotopic (exact) mass is 485 g/mol. The van der Waals surface area contributed by atoms with Crippen molar-refractivity contribution >= 4 is 33.4 Å². The van der Waals surface area contributed by atoms with Crippen LogP contribution in [0.3, 0.4) is 0 Å². The number of sulfonamides is 1. The molecule has 1 aromatic rings. The fraction of sp³-hybridized carbons (Fsp3) is 0.636. The third-order valence-corrected chi connectivity index (χ3v) is 7.72. The van der Waals surface area contributed by atoms with Gasteiger partial charge in [0.25, 0.3) is 0 Å².